The van der Waals surface area contributed by atoms with Crippen molar-refractivity contribution < 1.29 is 19.0 Å². The van der Waals surface area contributed by atoms with Gasteiger partial charge in [0.25, 0.3) is 0 Å². The smallest absolute Gasteiger partial charge is 0.410 e. The van der Waals surface area contributed by atoms with Gasteiger partial charge in [-0.1, -0.05) is 36.4 Å². The van der Waals surface area contributed by atoms with E-state index in [1.54, 1.807) is 18.2 Å². The van der Waals surface area contributed by atoms with E-state index in [1.807, 2.05) is 49.9 Å². The largest absolute Gasteiger partial charge is 0.508 e. The number of ether oxygens (including phenoxy) is 1. The molecule has 2 aliphatic heterocycles. The number of phenols is 1. The fraction of sp³-hybridized carbons (Fsp3) is 0.441. The first kappa shape index (κ1) is 26.7. The predicted molar refractivity (Wildman–Crippen MR) is 156 cm³/mol. The molecule has 2 heterocycles. The lowest BCUT2D eigenvalue weighted by molar-refractivity contribution is -0.0434. The number of benzene rings is 3. The molecule has 2 atom stereocenters. The van der Waals surface area contributed by atoms with Crippen molar-refractivity contribution in [1.29, 1.82) is 0 Å². The standard InChI is InChI=1S/C34H39FN2O3/c1-33(2,3)40-32(39)37-21-34(22-37)16-18-36(19-17-34)25-11-8-23(9-12-25)31-27-15-13-26(38)20-24(27)10-14-29(31)28-6-4-5-7-30(28)35/h4-9,11-13,15,20,29,31,38H,10,14,16-19,21-22H2,1-3H3/t29-,31-/m0/s1. The van der Waals surface area contributed by atoms with Gasteiger partial charge in [-0.05, 0) is 105 Å². The number of rotatable bonds is 3. The summed E-state index contributed by atoms with van der Waals surface area (Å²) < 4.78 is 20.5. The maximum atomic E-state index is 15.0. The van der Waals surface area contributed by atoms with E-state index in [-0.39, 0.29) is 34.9 Å². The second-order valence-corrected chi connectivity index (χ2v) is 12.9. The predicted octanol–water partition coefficient (Wildman–Crippen LogP) is 7.23. The highest BCUT2D eigenvalue weighted by Crippen LogP contribution is 2.48. The van der Waals surface area contributed by atoms with Gasteiger partial charge in [-0.3, -0.25) is 0 Å². The molecule has 0 saturated carbocycles. The first-order valence-electron chi connectivity index (χ1n) is 14.5. The van der Waals surface area contributed by atoms with Gasteiger partial charge in [0.1, 0.15) is 17.2 Å². The number of piperidine rings is 1. The number of fused-ring (bicyclic) bond motifs is 1. The van der Waals surface area contributed by atoms with E-state index in [1.165, 1.54) is 16.8 Å². The lowest BCUT2D eigenvalue weighted by Gasteiger charge is -2.54. The van der Waals surface area contributed by atoms with Gasteiger partial charge in [0.05, 0.1) is 0 Å². The molecule has 1 N–H and O–H groups in total. The molecule has 6 heteroatoms. The highest BCUT2D eigenvalue weighted by Gasteiger charge is 2.47. The molecule has 2 saturated heterocycles. The summed E-state index contributed by atoms with van der Waals surface area (Å²) in [6.45, 7) is 9.20. The SMILES string of the molecule is CC(C)(C)OC(=O)N1CC2(CCN(c3ccc([C@H]4c5ccc(O)cc5CC[C@H]4c4ccccc4F)cc3)CC2)C1. The number of phenolic OH excluding ortho intramolecular Hbond substituents is 1. The monoisotopic (exact) mass is 542 g/mol. The number of aryl methyl sites for hydroxylation is 1. The van der Waals surface area contributed by atoms with Gasteiger partial charge in [-0.2, -0.15) is 0 Å². The molecule has 3 aliphatic rings. The van der Waals surface area contributed by atoms with Crippen LogP contribution in [0.4, 0.5) is 14.9 Å². The summed E-state index contributed by atoms with van der Waals surface area (Å²) in [5.41, 5.74) is 5.19. The average Bonchev–Trinajstić information content (AvgIpc) is 2.90. The zero-order valence-electron chi connectivity index (χ0n) is 23.7. The topological polar surface area (TPSA) is 53.0 Å². The molecule has 210 valence electrons. The Labute approximate surface area is 236 Å². The van der Waals surface area contributed by atoms with E-state index in [4.69, 9.17) is 4.74 Å². The summed E-state index contributed by atoms with van der Waals surface area (Å²) in [7, 11) is 0. The maximum absolute atomic E-state index is 15.0. The number of hydrogen-bond acceptors (Lipinski definition) is 4. The average molecular weight is 543 g/mol. The van der Waals surface area contributed by atoms with Crippen LogP contribution < -0.4 is 4.90 Å². The molecule has 1 spiro atoms. The first-order valence-corrected chi connectivity index (χ1v) is 14.5. The number of carbonyl (C=O) groups is 1. The van der Waals surface area contributed by atoms with Gasteiger partial charge in [-0.15, -0.1) is 0 Å². The molecule has 0 aromatic heterocycles. The summed E-state index contributed by atoms with van der Waals surface area (Å²) in [6, 6.07) is 21.6. The fourth-order valence-corrected chi connectivity index (χ4v) is 7.00. The Morgan fingerprint density at radius 2 is 1.68 bits per heavy atom. The third-order valence-corrected chi connectivity index (χ3v) is 9.04. The van der Waals surface area contributed by atoms with Crippen LogP contribution in [0.15, 0.2) is 66.7 Å². The molecule has 1 aliphatic carbocycles. The summed E-state index contributed by atoms with van der Waals surface area (Å²) in [5.74, 6) is 0.180. The van der Waals surface area contributed by atoms with Crippen LogP contribution in [0.3, 0.4) is 0 Å². The summed E-state index contributed by atoms with van der Waals surface area (Å²) in [5, 5.41) is 10.1. The first-order chi connectivity index (χ1) is 19.1. The van der Waals surface area contributed by atoms with Crippen molar-refractivity contribution in [2.24, 2.45) is 5.41 Å². The zero-order valence-corrected chi connectivity index (χ0v) is 23.7. The molecule has 0 bridgehead atoms. The van der Waals surface area contributed by atoms with E-state index in [9.17, 15) is 14.3 Å². The van der Waals surface area contributed by atoms with Gasteiger partial charge in [0.15, 0.2) is 0 Å². The van der Waals surface area contributed by atoms with Crippen LogP contribution in [0.1, 0.15) is 74.1 Å². The number of nitrogens with zero attached hydrogens (tertiary/aromatic N) is 2. The van der Waals surface area contributed by atoms with Crippen molar-refractivity contribution in [3.05, 3.63) is 94.8 Å². The van der Waals surface area contributed by atoms with Crippen LogP contribution in [0, 0.1) is 11.2 Å². The molecular formula is C34H39FN2O3. The van der Waals surface area contributed by atoms with Gasteiger partial charge < -0.3 is 19.6 Å². The lowest BCUT2D eigenvalue weighted by atomic mass is 9.69. The van der Waals surface area contributed by atoms with Crippen LogP contribution in [-0.4, -0.2) is 47.9 Å². The van der Waals surface area contributed by atoms with Crippen LogP contribution in [0.2, 0.25) is 0 Å². The van der Waals surface area contributed by atoms with Crippen LogP contribution >= 0.6 is 0 Å². The molecule has 40 heavy (non-hydrogen) atoms. The number of aromatic hydroxyl groups is 1. The zero-order chi connectivity index (χ0) is 28.1. The quantitative estimate of drug-likeness (QED) is 0.379. The second-order valence-electron chi connectivity index (χ2n) is 12.9. The molecule has 2 fully saturated rings. The third kappa shape index (κ3) is 5.16. The molecule has 3 aromatic carbocycles. The Bertz CT molecular complexity index is 1380. The molecule has 0 radical (unpaired) electrons. The fourth-order valence-electron chi connectivity index (χ4n) is 7.00. The number of likely N-dealkylation sites (tertiary alicyclic amines) is 1. The van der Waals surface area contributed by atoms with Gasteiger partial charge in [-0.25, -0.2) is 9.18 Å². The molecule has 6 rings (SSSR count). The molecule has 1 amide bonds. The number of anilines is 1. The van der Waals surface area contributed by atoms with Crippen LogP contribution in [-0.2, 0) is 11.2 Å². The van der Waals surface area contributed by atoms with Gasteiger partial charge in [0.2, 0.25) is 0 Å². The summed E-state index contributed by atoms with van der Waals surface area (Å²) >= 11 is 0. The van der Waals surface area contributed by atoms with Crippen molar-refractivity contribution in [1.82, 2.24) is 4.90 Å². The normalized spacial score (nSPS) is 22.0. The number of halogens is 1. The summed E-state index contributed by atoms with van der Waals surface area (Å²) in [4.78, 5) is 16.7. The van der Waals surface area contributed by atoms with Gasteiger partial charge in [0, 0.05) is 43.2 Å². The molecule has 3 aromatic rings. The van der Waals surface area contributed by atoms with Gasteiger partial charge >= 0.3 is 6.09 Å². The molecule has 0 unspecified atom stereocenters. The lowest BCUT2D eigenvalue weighted by Crippen LogP contribution is -2.62. The minimum atomic E-state index is -0.466. The number of hydrogen-bond donors (Lipinski definition) is 1. The second kappa shape index (κ2) is 10.1. The molecule has 5 nitrogen and oxygen atoms in total. The highest BCUT2D eigenvalue weighted by molar-refractivity contribution is 5.69. The van der Waals surface area contributed by atoms with Crippen molar-refractivity contribution in [2.75, 3.05) is 31.1 Å². The number of amides is 1. The van der Waals surface area contributed by atoms with Crippen molar-refractivity contribution >= 4 is 11.8 Å². The molecular weight excluding hydrogens is 503 g/mol. The number of carbonyl (C=O) groups excluding carboxylic acids is 1. The minimum Gasteiger partial charge on any atom is -0.508 e. The Kier molecular flexibility index (Phi) is 6.76. The van der Waals surface area contributed by atoms with E-state index in [2.05, 4.69) is 29.2 Å². The van der Waals surface area contributed by atoms with Crippen molar-refractivity contribution in [3.63, 3.8) is 0 Å². The van der Waals surface area contributed by atoms with E-state index >= 15 is 0 Å². The Hall–Kier alpha value is -3.54. The Morgan fingerprint density at radius 3 is 2.35 bits per heavy atom. The van der Waals surface area contributed by atoms with E-state index in [0.29, 0.717) is 0 Å². The van der Waals surface area contributed by atoms with Crippen molar-refractivity contribution in [3.8, 4) is 5.75 Å². The summed E-state index contributed by atoms with van der Waals surface area (Å²) in [6.07, 6.45) is 3.56. The maximum Gasteiger partial charge on any atom is 0.410 e. The van der Waals surface area contributed by atoms with Crippen LogP contribution in [0.5, 0.6) is 5.75 Å². The third-order valence-electron chi connectivity index (χ3n) is 9.04. The van der Waals surface area contributed by atoms with E-state index in [0.717, 1.165) is 63.0 Å². The Morgan fingerprint density at radius 1 is 0.975 bits per heavy atom. The van der Waals surface area contributed by atoms with Crippen molar-refractivity contribution in [2.45, 2.75) is 63.9 Å². The van der Waals surface area contributed by atoms with Crippen LogP contribution in [0.25, 0.3) is 0 Å². The van der Waals surface area contributed by atoms with E-state index < -0.39 is 5.60 Å². The highest BCUT2D eigenvalue weighted by atomic mass is 19.1. The Balaban J connectivity index is 1.17. The minimum absolute atomic E-state index is 0.0220.